The number of carbonyl (C=O) groups is 2. The molecule has 2 unspecified atom stereocenters. The Hall–Kier alpha value is -5.88. The molecule has 0 bridgehead atoms. The first kappa shape index (κ1) is 30.5. The minimum Gasteiger partial charge on any atom is -0.472 e. The minimum absolute atomic E-state index is 0.294. The quantitative estimate of drug-likeness (QED) is 0.132. The molecule has 0 fully saturated rings. The number of fused-ring (bicyclic) bond motifs is 6. The topological polar surface area (TPSA) is 78.9 Å². The molecule has 49 heavy (non-hydrogen) atoms. The first-order chi connectivity index (χ1) is 23.6. The van der Waals surface area contributed by atoms with Crippen molar-refractivity contribution in [3.05, 3.63) is 168 Å². The molecule has 0 amide bonds. The lowest BCUT2D eigenvalue weighted by molar-refractivity contribution is -0.164. The van der Waals surface area contributed by atoms with Crippen molar-refractivity contribution in [2.45, 2.75) is 38.9 Å². The average Bonchev–Trinajstić information content (AvgIpc) is 3.91. The summed E-state index contributed by atoms with van der Waals surface area (Å²) in [4.78, 5) is 27.1. The Balaban J connectivity index is 1.35. The van der Waals surface area contributed by atoms with Gasteiger partial charge in [-0.2, -0.15) is 0 Å². The predicted octanol–water partition coefficient (Wildman–Crippen LogP) is 9.79. The lowest BCUT2D eigenvalue weighted by Gasteiger charge is -2.33. The second-order valence-electron chi connectivity index (χ2n) is 13.8. The normalized spacial score (nSPS) is 18.6. The van der Waals surface area contributed by atoms with Crippen molar-refractivity contribution in [3.63, 3.8) is 0 Å². The van der Waals surface area contributed by atoms with E-state index >= 15 is 0 Å². The van der Waals surface area contributed by atoms with E-state index in [1.54, 1.807) is 25.7 Å². The van der Waals surface area contributed by atoms with Crippen LogP contribution in [0, 0.1) is 5.41 Å². The Labute approximate surface area is 284 Å². The number of carbonyl (C=O) groups excluding carboxylic acids is 2. The molecule has 6 nitrogen and oxygen atoms in total. The Kier molecular flexibility index (Phi) is 6.73. The first-order valence-corrected chi connectivity index (χ1v) is 16.2. The third-order valence-corrected chi connectivity index (χ3v) is 9.57. The lowest BCUT2D eigenvalue weighted by atomic mass is 9.83. The van der Waals surface area contributed by atoms with Gasteiger partial charge in [-0.3, -0.25) is 4.79 Å². The summed E-state index contributed by atoms with van der Waals surface area (Å²) in [5.74, 6) is -0.339. The molecule has 0 spiro atoms. The van der Waals surface area contributed by atoms with Gasteiger partial charge in [-0.15, -0.1) is 0 Å². The van der Waals surface area contributed by atoms with Crippen LogP contribution in [-0.4, -0.2) is 11.9 Å². The fourth-order valence-corrected chi connectivity index (χ4v) is 7.21. The van der Waals surface area contributed by atoms with Crippen molar-refractivity contribution >= 4 is 11.9 Å². The van der Waals surface area contributed by atoms with Crippen molar-refractivity contribution in [3.8, 4) is 33.4 Å². The van der Waals surface area contributed by atoms with Crippen LogP contribution in [0.15, 0.2) is 143 Å². The Morgan fingerprint density at radius 3 is 1.76 bits per heavy atom. The van der Waals surface area contributed by atoms with Crippen LogP contribution in [0.3, 0.4) is 0 Å². The molecule has 0 aliphatic heterocycles. The third-order valence-electron chi connectivity index (χ3n) is 9.57. The molecule has 0 N–H and O–H groups in total. The summed E-state index contributed by atoms with van der Waals surface area (Å²) in [6.07, 6.45) is 4.81. The van der Waals surface area contributed by atoms with Crippen LogP contribution in [0.25, 0.3) is 33.4 Å². The zero-order chi connectivity index (χ0) is 34.1. The number of benzene rings is 4. The van der Waals surface area contributed by atoms with Crippen molar-refractivity contribution in [2.24, 2.45) is 5.41 Å². The summed E-state index contributed by atoms with van der Waals surface area (Å²) in [5, 5.41) is 0. The zero-order valence-electron chi connectivity index (χ0n) is 27.7. The molecule has 2 heterocycles. The molecule has 6 aromatic rings. The van der Waals surface area contributed by atoms with E-state index in [0.717, 1.165) is 55.6 Å². The third kappa shape index (κ3) is 4.40. The maximum atomic E-state index is 13.7. The van der Waals surface area contributed by atoms with Gasteiger partial charge >= 0.3 is 11.9 Å². The smallest absolute Gasteiger partial charge is 0.334 e. The SMILES string of the molecule is C=C(C)C(=O)OC1(c2ccoc2)c2ccccc2-c2ccc(-c3ccc4c(c3)C(OC(=O)C(C)(C)C)(c3ccco3)c3ccccc3-4)cc21. The highest BCUT2D eigenvalue weighted by molar-refractivity contribution is 5.92. The van der Waals surface area contributed by atoms with E-state index in [-0.39, 0.29) is 5.97 Å². The number of hydrogen-bond donors (Lipinski definition) is 0. The Morgan fingerprint density at radius 2 is 1.22 bits per heavy atom. The molecule has 6 heteroatoms. The van der Waals surface area contributed by atoms with Crippen LogP contribution in [0.1, 0.15) is 61.3 Å². The molecule has 4 aromatic carbocycles. The average molecular weight is 647 g/mol. The van der Waals surface area contributed by atoms with E-state index in [1.807, 2.05) is 87.5 Å². The summed E-state index contributed by atoms with van der Waals surface area (Å²) < 4.78 is 24.7. The molecule has 2 aliphatic rings. The zero-order valence-corrected chi connectivity index (χ0v) is 27.7. The molecule has 0 saturated heterocycles. The molecule has 0 saturated carbocycles. The van der Waals surface area contributed by atoms with Crippen LogP contribution in [0.2, 0.25) is 0 Å². The van der Waals surface area contributed by atoms with Gasteiger partial charge in [0, 0.05) is 33.4 Å². The van der Waals surface area contributed by atoms with Gasteiger partial charge in [-0.05, 0) is 91.4 Å². The highest BCUT2D eigenvalue weighted by Crippen LogP contribution is 2.57. The van der Waals surface area contributed by atoms with Crippen LogP contribution in [0.4, 0.5) is 0 Å². The number of furan rings is 2. The monoisotopic (exact) mass is 646 g/mol. The van der Waals surface area contributed by atoms with Crippen LogP contribution in [-0.2, 0) is 30.3 Å². The Bertz CT molecular complexity index is 2290. The van der Waals surface area contributed by atoms with Crippen molar-refractivity contribution in [1.82, 2.24) is 0 Å². The number of hydrogen-bond acceptors (Lipinski definition) is 6. The van der Waals surface area contributed by atoms with E-state index in [4.69, 9.17) is 18.3 Å². The summed E-state index contributed by atoms with van der Waals surface area (Å²) in [6.45, 7) is 11.0. The molecule has 2 aromatic heterocycles. The van der Waals surface area contributed by atoms with Gasteiger partial charge in [0.15, 0.2) is 11.4 Å². The van der Waals surface area contributed by atoms with Crippen molar-refractivity contribution in [2.75, 3.05) is 0 Å². The van der Waals surface area contributed by atoms with Crippen LogP contribution < -0.4 is 0 Å². The van der Waals surface area contributed by atoms with Gasteiger partial charge in [0.05, 0.1) is 24.2 Å². The first-order valence-electron chi connectivity index (χ1n) is 16.2. The highest BCUT2D eigenvalue weighted by Gasteiger charge is 2.52. The number of esters is 2. The van der Waals surface area contributed by atoms with Gasteiger partial charge in [0.25, 0.3) is 0 Å². The molecular weight excluding hydrogens is 612 g/mol. The molecule has 8 rings (SSSR count). The van der Waals surface area contributed by atoms with Gasteiger partial charge in [-0.1, -0.05) is 79.4 Å². The summed E-state index contributed by atoms with van der Waals surface area (Å²) in [7, 11) is 0. The van der Waals surface area contributed by atoms with E-state index in [9.17, 15) is 9.59 Å². The van der Waals surface area contributed by atoms with Gasteiger partial charge in [0.1, 0.15) is 0 Å². The van der Waals surface area contributed by atoms with Crippen molar-refractivity contribution < 1.29 is 27.9 Å². The fraction of sp³-hybridized carbons (Fsp3) is 0.163. The van der Waals surface area contributed by atoms with E-state index in [0.29, 0.717) is 16.9 Å². The minimum atomic E-state index is -1.31. The lowest BCUT2D eigenvalue weighted by Crippen LogP contribution is -2.37. The summed E-state index contributed by atoms with van der Waals surface area (Å²) in [5.41, 5.74) is 6.57. The maximum Gasteiger partial charge on any atom is 0.334 e. The second kappa shape index (κ2) is 10.8. The highest BCUT2D eigenvalue weighted by atomic mass is 16.6. The van der Waals surface area contributed by atoms with Crippen LogP contribution >= 0.6 is 0 Å². The van der Waals surface area contributed by atoms with Gasteiger partial charge in [0.2, 0.25) is 5.60 Å². The van der Waals surface area contributed by atoms with Gasteiger partial charge in [-0.25, -0.2) is 4.79 Å². The largest absolute Gasteiger partial charge is 0.472 e. The predicted molar refractivity (Wildman–Crippen MR) is 186 cm³/mol. The summed E-state index contributed by atoms with van der Waals surface area (Å²) >= 11 is 0. The van der Waals surface area contributed by atoms with Crippen LogP contribution in [0.5, 0.6) is 0 Å². The maximum absolute atomic E-state index is 13.7. The van der Waals surface area contributed by atoms with E-state index in [2.05, 4.69) is 43.0 Å². The molecule has 2 aliphatic carbocycles. The molecular formula is C43H34O6. The van der Waals surface area contributed by atoms with Crippen molar-refractivity contribution in [1.29, 1.82) is 0 Å². The van der Waals surface area contributed by atoms with E-state index in [1.165, 1.54) is 0 Å². The second-order valence-corrected chi connectivity index (χ2v) is 13.8. The number of rotatable bonds is 6. The number of ether oxygens (including phenoxy) is 2. The van der Waals surface area contributed by atoms with E-state index < -0.39 is 22.6 Å². The Morgan fingerprint density at radius 1 is 0.653 bits per heavy atom. The van der Waals surface area contributed by atoms with Gasteiger partial charge < -0.3 is 18.3 Å². The molecule has 2 atom stereocenters. The standard InChI is InChI=1S/C43H34O6/c1-26(2)39(44)48-42(29-20-22-46-25-29)34-13-8-6-11-30(34)32-18-16-27(23-36(32)42)28-17-19-33-31-12-7-9-14-35(31)43(37(33)24-28,38-15-10-21-47-38)49-40(45)41(3,4)5/h6-25H,1H2,2-5H3. The molecule has 242 valence electrons. The summed E-state index contributed by atoms with van der Waals surface area (Å²) in [6, 6.07) is 33.9. The fourth-order valence-electron chi connectivity index (χ4n) is 7.21. The molecule has 0 radical (unpaired) electrons.